The molecule has 0 aliphatic carbocycles. The zero-order chi connectivity index (χ0) is 106. The number of hydrogen-bond acceptors (Lipinski definition) is 20. The monoisotopic (exact) mass is 1900 g/mol. The van der Waals surface area contributed by atoms with Crippen LogP contribution in [0.25, 0.3) is 0 Å². The van der Waals surface area contributed by atoms with Crippen LogP contribution in [-0.2, 0) is 67.1 Å². The van der Waals surface area contributed by atoms with Crippen molar-refractivity contribution in [3.05, 3.63) is 0 Å². The molecule has 782 valence electrons. The minimum absolute atomic E-state index is 0.00155. The van der Waals surface area contributed by atoms with E-state index in [0.717, 1.165) is 24.2 Å². The van der Waals surface area contributed by atoms with E-state index in [1.54, 1.807) is 20.8 Å². The first-order valence-electron chi connectivity index (χ1n) is 48.4. The van der Waals surface area contributed by atoms with Crippen molar-refractivity contribution in [2.24, 2.45) is 104 Å². The Morgan fingerprint density at radius 3 is 0.955 bits per heavy atom. The number of alkyl carbamates (subject to hydrolysis) is 1. The van der Waals surface area contributed by atoms with Crippen LogP contribution in [0.2, 0.25) is 0 Å². The van der Waals surface area contributed by atoms with Gasteiger partial charge in [0, 0.05) is 122 Å². The van der Waals surface area contributed by atoms with Gasteiger partial charge in [-0.2, -0.15) is 0 Å². The third kappa shape index (κ3) is 92.8. The van der Waals surface area contributed by atoms with Gasteiger partial charge >= 0.3 is 18.2 Å². The summed E-state index contributed by atoms with van der Waals surface area (Å²) in [4.78, 5) is 190. The lowest BCUT2D eigenvalue weighted by molar-refractivity contribution is -0.134. The molecule has 0 aliphatic heterocycles. The van der Waals surface area contributed by atoms with Gasteiger partial charge in [0.2, 0.25) is 41.4 Å². The number of ketones is 6. The molecule has 0 spiro atoms. The van der Waals surface area contributed by atoms with Gasteiger partial charge in [-0.1, -0.05) is 215 Å². The van der Waals surface area contributed by atoms with Crippen molar-refractivity contribution in [2.75, 3.05) is 58.9 Å². The largest absolute Gasteiger partial charge is 0.444 e. The average molecular weight is 1900 g/mol. The number of Topliss-reactive ketones (excluding diaryl/α,β-unsaturated/α-hetero) is 6. The molecule has 0 saturated carbocycles. The van der Waals surface area contributed by atoms with Gasteiger partial charge in [-0.05, 0) is 168 Å². The van der Waals surface area contributed by atoms with Crippen LogP contribution in [0.15, 0.2) is 0 Å². The minimum Gasteiger partial charge on any atom is -0.444 e. The zero-order valence-corrected chi connectivity index (χ0v) is 91.7. The predicted octanol–water partition coefficient (Wildman–Crippen LogP) is 14.3. The molecular weight excluding hydrogens is 1700 g/mol. The predicted molar refractivity (Wildman–Crippen MR) is 542 cm³/mol. The third-order valence-electron chi connectivity index (χ3n) is 18.2. The molecule has 32 heteroatoms. The Bertz CT molecular complexity index is 3260. The summed E-state index contributed by atoms with van der Waals surface area (Å²) in [5.41, 5.74) is 13.0. The van der Waals surface area contributed by atoms with E-state index in [0.29, 0.717) is 95.8 Å². The van der Waals surface area contributed by atoms with Crippen molar-refractivity contribution < 1.29 is 81.4 Å². The van der Waals surface area contributed by atoms with Crippen molar-refractivity contribution in [1.82, 2.24) is 63.8 Å². The number of hydrogen-bond donors (Lipinski definition) is 15. The van der Waals surface area contributed by atoms with Gasteiger partial charge in [-0.25, -0.2) is 14.4 Å². The number of nitrogens with two attached hydrogens (primary N) is 3. The Hall–Kier alpha value is -8.00. The number of urea groups is 2. The van der Waals surface area contributed by atoms with Gasteiger partial charge in [-0.15, -0.1) is 0 Å². The van der Waals surface area contributed by atoms with Crippen LogP contribution >= 0.6 is 0 Å². The fourth-order valence-corrected chi connectivity index (χ4v) is 11.5. The zero-order valence-electron chi connectivity index (χ0n) is 91.7. The number of carbonyl (C=O) groups is 16. The maximum atomic E-state index is 13.0. The second-order valence-electron chi connectivity index (χ2n) is 45.5. The maximum Gasteiger partial charge on any atom is 0.407 e. The van der Waals surface area contributed by atoms with E-state index in [-0.39, 0.29) is 162 Å². The van der Waals surface area contributed by atoms with Crippen molar-refractivity contribution >= 4 is 94.2 Å². The maximum absolute atomic E-state index is 13.0. The highest BCUT2D eigenvalue weighted by atomic mass is 16.6. The number of nitrogens with one attached hydrogen (secondary N) is 12. The average Bonchev–Trinajstić information content (AvgIpc) is 0.865. The van der Waals surface area contributed by atoms with Crippen LogP contribution in [0.1, 0.15) is 368 Å². The number of ether oxygens (including phenoxy) is 1. The lowest BCUT2D eigenvalue weighted by atomic mass is 9.77. The number of carbonyl (C=O) groups excluding carboxylic acids is 16. The lowest BCUT2D eigenvalue weighted by Gasteiger charge is -2.32. The molecule has 0 heterocycles. The van der Waals surface area contributed by atoms with Gasteiger partial charge in [0.1, 0.15) is 23.0 Å². The molecular formula is C101H201N15O17. The third-order valence-corrected chi connectivity index (χ3v) is 18.2. The van der Waals surface area contributed by atoms with Gasteiger partial charge in [0.15, 0.2) is 17.3 Å². The highest BCUT2D eigenvalue weighted by molar-refractivity contribution is 5.96. The number of amides is 12. The van der Waals surface area contributed by atoms with Crippen molar-refractivity contribution in [3.8, 4) is 0 Å². The second kappa shape index (κ2) is 72.4. The van der Waals surface area contributed by atoms with Crippen LogP contribution in [0.4, 0.5) is 14.4 Å². The van der Waals surface area contributed by atoms with Gasteiger partial charge < -0.3 is 85.7 Å². The normalized spacial score (nSPS) is 13.3. The highest BCUT2D eigenvalue weighted by Gasteiger charge is 2.38. The topological polar surface area (TPSA) is 505 Å². The fraction of sp³-hybridized carbons (Fsp3) is 0.842. The van der Waals surface area contributed by atoms with E-state index in [4.69, 9.17) is 21.9 Å². The Balaban J connectivity index is -0.000000237. The van der Waals surface area contributed by atoms with E-state index < -0.39 is 75.4 Å². The summed E-state index contributed by atoms with van der Waals surface area (Å²) in [6, 6.07) is -3.01. The van der Waals surface area contributed by atoms with Gasteiger partial charge in [0.05, 0.1) is 43.8 Å². The van der Waals surface area contributed by atoms with Crippen molar-refractivity contribution in [2.45, 2.75) is 409 Å². The SMILES string of the molecule is CC(=O)NCCCC(CC(=O)C(N)CC(C)C)C(=O)C(C)(C)C.CC(=O)NCCCC(CC(=O)C(NC(C)(C)C)C(C)C)C(=O)C(C)(C)C.CC(C)(C)NCC(=O)NCC(=O)NCC(=O)NCCNC(=O)OC(C)(C)C.CC(C)C.CC(C)C.CC(C)C.CC(C)C(C)C(=O)NC(CCCNC(N)=O)C(=O)C(C)(C)C.CC(C)CC(C)C(=O)NC(CCCNC(N)=O)C(=O)C(C)(C)C. The van der Waals surface area contributed by atoms with Crippen LogP contribution < -0.4 is 81.0 Å². The Morgan fingerprint density at radius 2 is 0.654 bits per heavy atom. The molecule has 0 fully saturated rings. The molecule has 32 nitrogen and oxygen atoms in total. The van der Waals surface area contributed by atoms with Crippen molar-refractivity contribution in [3.63, 3.8) is 0 Å². The van der Waals surface area contributed by atoms with Crippen LogP contribution in [-0.4, -0.2) is 194 Å². The lowest BCUT2D eigenvalue weighted by Crippen LogP contribution is -2.51. The molecule has 12 amide bonds. The van der Waals surface area contributed by atoms with Gasteiger partial charge in [0.25, 0.3) is 0 Å². The molecule has 8 atom stereocenters. The minimum atomic E-state index is -0.587. The summed E-state index contributed by atoms with van der Waals surface area (Å²) in [5, 5.41) is 32.5. The molecule has 0 aromatic rings. The summed E-state index contributed by atoms with van der Waals surface area (Å²) in [6.07, 6.45) is 6.00. The first-order valence-corrected chi connectivity index (χ1v) is 48.4. The molecule has 0 aromatic carbocycles. The summed E-state index contributed by atoms with van der Waals surface area (Å²) in [6.45, 7) is 83.7. The number of rotatable bonds is 46. The van der Waals surface area contributed by atoms with E-state index in [1.807, 2.05) is 180 Å². The molecule has 18 N–H and O–H groups in total. The van der Waals surface area contributed by atoms with Crippen LogP contribution in [0, 0.1) is 86.8 Å². The van der Waals surface area contributed by atoms with E-state index >= 15 is 0 Å². The standard InChI is InChI=1S/C21H40N2O3.C18H34N2O3.C17H33N5O5.C17H33N3O3.C16H31N3O3.3C4H10/c1-14(2)18(23-21(7,8)9)17(25)13-16(19(26)20(4,5)6)11-10-12-22-15(3)24;1-12(2)10-15(19)16(22)11-14(17(23)18(4,5)6)8-7-9-20-13(3)21;1-16(2,3)22-11-14(25)21-10-13(24)20-9-12(23)18-7-8-19-15(26)27-17(4,5)6;1-11(2)10-12(3)15(22)20-13(14(21)17(4,5)6)8-7-9-19-16(18)23;1-10(2)11(3)14(21)19-12(13(20)16(4,5)6)8-7-9-18-15(17)22;3*1-4(2)3/h14,16,18,23H,10-13H2,1-9H3,(H,22,24);12,14-15H,7-11,19H2,1-6H3,(H,20,21);22H,7-11H2,1-6H3,(H,18,23)(H,19,26)(H,20,24)(H,21,25);11-13H,7-10H2,1-6H3,(H,20,22)(H3,18,19,23);10-12H,7-9H2,1-6H3,(H,19,21)(H3,17,18,22);3*4H,1-3H3. The van der Waals surface area contributed by atoms with Crippen LogP contribution in [0.5, 0.6) is 0 Å². The Kier molecular flexibility index (Phi) is 76.4. The smallest absolute Gasteiger partial charge is 0.407 e. The highest BCUT2D eigenvalue weighted by Crippen LogP contribution is 2.30. The molecule has 0 aliphatic rings. The summed E-state index contributed by atoms with van der Waals surface area (Å²) in [5.74, 6) is 1.44. The molecule has 0 saturated heterocycles. The molecule has 133 heavy (non-hydrogen) atoms. The second-order valence-corrected chi connectivity index (χ2v) is 45.5. The van der Waals surface area contributed by atoms with Gasteiger partial charge in [-0.3, -0.25) is 62.3 Å². The number of primary amides is 2. The first-order chi connectivity index (χ1) is 60.0. The fourth-order valence-electron chi connectivity index (χ4n) is 11.5. The molecule has 0 aromatic heterocycles. The quantitative estimate of drug-likeness (QED) is 0.0252. The Labute approximate surface area is 807 Å². The van der Waals surface area contributed by atoms with Crippen molar-refractivity contribution in [1.29, 1.82) is 0 Å². The molecule has 8 unspecified atom stereocenters. The van der Waals surface area contributed by atoms with Crippen LogP contribution in [0.3, 0.4) is 0 Å². The molecule has 0 radical (unpaired) electrons. The molecule has 0 rings (SSSR count). The van der Waals surface area contributed by atoms with E-state index in [1.165, 1.54) is 13.8 Å². The van der Waals surface area contributed by atoms with E-state index in [9.17, 15) is 76.7 Å². The summed E-state index contributed by atoms with van der Waals surface area (Å²) in [7, 11) is 0. The van der Waals surface area contributed by atoms with E-state index in [2.05, 4.69) is 140 Å². The Morgan fingerprint density at radius 1 is 0.338 bits per heavy atom. The summed E-state index contributed by atoms with van der Waals surface area (Å²) < 4.78 is 5.05. The summed E-state index contributed by atoms with van der Waals surface area (Å²) >= 11 is 0. The first kappa shape index (κ1) is 140. The molecule has 0 bridgehead atoms.